The molecular formula is C14H15ClN2O3. The summed E-state index contributed by atoms with van der Waals surface area (Å²) < 4.78 is 5.06. The first kappa shape index (κ1) is 14.5. The molecule has 1 aromatic carbocycles. The van der Waals surface area contributed by atoms with Crippen LogP contribution in [0.3, 0.4) is 0 Å². The van der Waals surface area contributed by atoms with E-state index in [0.29, 0.717) is 10.7 Å². The zero-order chi connectivity index (χ0) is 14.7. The van der Waals surface area contributed by atoms with Gasteiger partial charge >= 0.3 is 12.0 Å². The molecular weight excluding hydrogens is 280 g/mol. The van der Waals surface area contributed by atoms with Gasteiger partial charge in [0, 0.05) is 10.7 Å². The van der Waals surface area contributed by atoms with Crippen molar-refractivity contribution in [3.8, 4) is 0 Å². The van der Waals surface area contributed by atoms with E-state index in [-0.39, 0.29) is 6.61 Å². The van der Waals surface area contributed by atoms with Crippen LogP contribution in [0.15, 0.2) is 29.3 Å². The van der Waals surface area contributed by atoms with Crippen molar-refractivity contribution in [1.29, 1.82) is 0 Å². The second-order valence-corrected chi connectivity index (χ2v) is 4.90. The molecule has 0 fully saturated rings. The molecule has 1 aliphatic heterocycles. The van der Waals surface area contributed by atoms with Crippen molar-refractivity contribution < 1.29 is 14.3 Å². The maximum atomic E-state index is 12.1. The van der Waals surface area contributed by atoms with Crippen molar-refractivity contribution >= 4 is 29.3 Å². The second-order valence-electron chi connectivity index (χ2n) is 4.47. The minimum absolute atomic E-state index is 0.277. The largest absolute Gasteiger partial charge is 0.465 e. The summed E-state index contributed by atoms with van der Waals surface area (Å²) in [5.74, 6) is -1.04. The molecule has 1 aliphatic rings. The molecule has 0 aliphatic carbocycles. The molecule has 106 valence electrons. The average molecular weight is 295 g/mol. The van der Waals surface area contributed by atoms with Gasteiger partial charge < -0.3 is 10.1 Å². The zero-order valence-electron chi connectivity index (χ0n) is 11.2. The Hall–Kier alpha value is -1.88. The van der Waals surface area contributed by atoms with Gasteiger partial charge in [0.2, 0.25) is 0 Å². The summed E-state index contributed by atoms with van der Waals surface area (Å²) in [4.78, 5) is 27.5. The number of esters is 1. The van der Waals surface area contributed by atoms with Crippen LogP contribution in [0.2, 0.25) is 5.02 Å². The molecule has 2 amide bonds. The Morgan fingerprint density at radius 2 is 2.25 bits per heavy atom. The topological polar surface area (TPSA) is 67.8 Å². The molecule has 2 atom stereocenters. The van der Waals surface area contributed by atoms with E-state index in [4.69, 9.17) is 16.3 Å². The summed E-state index contributed by atoms with van der Waals surface area (Å²) in [7, 11) is 0. The first-order valence-corrected chi connectivity index (χ1v) is 6.68. The Morgan fingerprint density at radius 3 is 2.90 bits per heavy atom. The minimum atomic E-state index is -0.633. The Balaban J connectivity index is 2.40. The lowest BCUT2D eigenvalue weighted by Gasteiger charge is -2.29. The van der Waals surface area contributed by atoms with Crippen molar-refractivity contribution in [2.24, 2.45) is 10.9 Å². The Labute approximate surface area is 122 Å². The third-order valence-corrected chi connectivity index (χ3v) is 3.32. The lowest BCUT2D eigenvalue weighted by Crippen LogP contribution is -2.44. The van der Waals surface area contributed by atoms with E-state index in [1.807, 2.05) is 6.07 Å². The summed E-state index contributed by atoms with van der Waals surface area (Å²) in [5, 5.41) is 3.24. The predicted molar refractivity (Wildman–Crippen MR) is 76.0 cm³/mol. The number of nitrogens with zero attached hydrogens (tertiary/aromatic N) is 1. The number of carbonyl (C=O) groups is 2. The van der Waals surface area contributed by atoms with Crippen molar-refractivity contribution in [3.05, 3.63) is 34.9 Å². The fourth-order valence-electron chi connectivity index (χ4n) is 2.23. The maximum absolute atomic E-state index is 12.1. The number of halogens is 1. The highest BCUT2D eigenvalue weighted by Gasteiger charge is 2.37. The molecule has 1 aromatic rings. The smallest absolute Gasteiger partial charge is 0.341 e. The minimum Gasteiger partial charge on any atom is -0.465 e. The monoisotopic (exact) mass is 294 g/mol. The SMILES string of the molecule is CCOC(=O)C1C(C)=NC(=O)NC1c1cccc(Cl)c1. The second kappa shape index (κ2) is 6.05. The van der Waals surface area contributed by atoms with Crippen LogP contribution in [-0.2, 0) is 9.53 Å². The van der Waals surface area contributed by atoms with Gasteiger partial charge in [-0.1, -0.05) is 23.7 Å². The van der Waals surface area contributed by atoms with Crippen LogP contribution in [0.5, 0.6) is 0 Å². The van der Waals surface area contributed by atoms with E-state index in [0.717, 1.165) is 5.56 Å². The van der Waals surface area contributed by atoms with Crippen LogP contribution >= 0.6 is 11.6 Å². The third kappa shape index (κ3) is 2.99. The van der Waals surface area contributed by atoms with Gasteiger partial charge in [0.05, 0.1) is 12.6 Å². The molecule has 0 saturated carbocycles. The molecule has 0 bridgehead atoms. The Bertz CT molecular complexity index is 571. The number of aliphatic imine (C=N–C) groups is 1. The van der Waals surface area contributed by atoms with Crippen LogP contribution in [0.25, 0.3) is 0 Å². The van der Waals surface area contributed by atoms with Gasteiger partial charge in [-0.3, -0.25) is 4.79 Å². The summed E-state index contributed by atoms with van der Waals surface area (Å²) in [6, 6.07) is 6.05. The maximum Gasteiger partial charge on any atom is 0.341 e. The third-order valence-electron chi connectivity index (χ3n) is 3.09. The summed E-state index contributed by atoms with van der Waals surface area (Å²) in [6.45, 7) is 3.66. The lowest BCUT2D eigenvalue weighted by atomic mass is 9.88. The molecule has 2 rings (SSSR count). The molecule has 0 aromatic heterocycles. The van der Waals surface area contributed by atoms with Crippen molar-refractivity contribution in [1.82, 2.24) is 5.32 Å². The molecule has 6 heteroatoms. The molecule has 5 nitrogen and oxygen atoms in total. The zero-order valence-corrected chi connectivity index (χ0v) is 12.0. The number of ether oxygens (including phenoxy) is 1. The molecule has 1 heterocycles. The number of nitrogens with one attached hydrogen (secondary N) is 1. The first-order chi connectivity index (χ1) is 9.52. The van der Waals surface area contributed by atoms with Crippen molar-refractivity contribution in [2.75, 3.05) is 6.61 Å². The van der Waals surface area contributed by atoms with E-state index in [9.17, 15) is 9.59 Å². The van der Waals surface area contributed by atoms with Gasteiger partial charge in [0.15, 0.2) is 0 Å². The van der Waals surface area contributed by atoms with Crippen LogP contribution in [-0.4, -0.2) is 24.3 Å². The summed E-state index contributed by atoms with van der Waals surface area (Å²) >= 11 is 5.97. The fraction of sp³-hybridized carbons (Fsp3) is 0.357. The quantitative estimate of drug-likeness (QED) is 0.872. The van der Waals surface area contributed by atoms with E-state index in [2.05, 4.69) is 10.3 Å². The van der Waals surface area contributed by atoms with Crippen molar-refractivity contribution in [2.45, 2.75) is 19.9 Å². The van der Waals surface area contributed by atoms with E-state index in [1.54, 1.807) is 32.0 Å². The number of carbonyl (C=O) groups excluding carboxylic acids is 2. The van der Waals surface area contributed by atoms with E-state index in [1.165, 1.54) is 0 Å². The average Bonchev–Trinajstić information content (AvgIpc) is 2.37. The van der Waals surface area contributed by atoms with Crippen LogP contribution in [0.1, 0.15) is 25.5 Å². The number of benzene rings is 1. The van der Waals surface area contributed by atoms with Gasteiger partial charge in [0.25, 0.3) is 0 Å². The Kier molecular flexibility index (Phi) is 4.39. The van der Waals surface area contributed by atoms with Gasteiger partial charge in [-0.05, 0) is 31.5 Å². The number of urea groups is 1. The van der Waals surface area contributed by atoms with E-state index < -0.39 is 24.0 Å². The van der Waals surface area contributed by atoms with Gasteiger partial charge in [0.1, 0.15) is 5.92 Å². The number of hydrogen-bond donors (Lipinski definition) is 1. The molecule has 0 spiro atoms. The molecule has 1 N–H and O–H groups in total. The van der Waals surface area contributed by atoms with Crippen molar-refractivity contribution in [3.63, 3.8) is 0 Å². The van der Waals surface area contributed by atoms with Gasteiger partial charge in [-0.2, -0.15) is 0 Å². The molecule has 0 radical (unpaired) electrons. The number of hydrogen-bond acceptors (Lipinski definition) is 3. The molecule has 0 saturated heterocycles. The molecule has 20 heavy (non-hydrogen) atoms. The van der Waals surface area contributed by atoms with Gasteiger partial charge in [-0.15, -0.1) is 0 Å². The summed E-state index contributed by atoms with van der Waals surface area (Å²) in [6.07, 6.45) is 0. The fourth-order valence-corrected chi connectivity index (χ4v) is 2.43. The molecule has 2 unspecified atom stereocenters. The first-order valence-electron chi connectivity index (χ1n) is 6.30. The highest BCUT2D eigenvalue weighted by Crippen LogP contribution is 2.29. The van der Waals surface area contributed by atoms with Crippen LogP contribution in [0, 0.1) is 5.92 Å². The van der Waals surface area contributed by atoms with E-state index >= 15 is 0 Å². The van der Waals surface area contributed by atoms with Crippen LogP contribution in [0.4, 0.5) is 4.79 Å². The highest BCUT2D eigenvalue weighted by atomic mass is 35.5. The van der Waals surface area contributed by atoms with Gasteiger partial charge in [-0.25, -0.2) is 9.79 Å². The lowest BCUT2D eigenvalue weighted by molar-refractivity contribution is -0.146. The number of rotatable bonds is 3. The summed E-state index contributed by atoms with van der Waals surface area (Å²) in [5.41, 5.74) is 1.19. The standard InChI is InChI=1S/C14H15ClN2O3/c1-3-20-13(18)11-8(2)16-14(19)17-12(11)9-5-4-6-10(15)7-9/h4-7,11-12H,3H2,1-2H3,(H,17,19). The highest BCUT2D eigenvalue weighted by molar-refractivity contribution is 6.30. The Morgan fingerprint density at radius 1 is 1.50 bits per heavy atom. The number of amides is 2. The predicted octanol–water partition coefficient (Wildman–Crippen LogP) is 2.74. The normalized spacial score (nSPS) is 21.9. The van der Waals surface area contributed by atoms with Crippen LogP contribution < -0.4 is 5.32 Å².